The van der Waals surface area contributed by atoms with Crippen LogP contribution in [0.2, 0.25) is 0 Å². The van der Waals surface area contributed by atoms with Gasteiger partial charge in [0, 0.05) is 0 Å². The van der Waals surface area contributed by atoms with E-state index in [9.17, 15) is 0 Å². The summed E-state index contributed by atoms with van der Waals surface area (Å²) in [6.07, 6.45) is -0.533. The Bertz CT molecular complexity index is 1390. The van der Waals surface area contributed by atoms with E-state index in [0.29, 0.717) is 38.2 Å². The number of ether oxygens (including phenoxy) is 4. The third-order valence-corrected chi connectivity index (χ3v) is 7.88. The molecule has 4 aromatic rings. The lowest BCUT2D eigenvalue weighted by Crippen LogP contribution is -2.37. The minimum atomic E-state index is -0.692. The third kappa shape index (κ3) is 6.87. The van der Waals surface area contributed by atoms with Crippen LogP contribution in [0.4, 0.5) is 0 Å². The summed E-state index contributed by atoms with van der Waals surface area (Å²) in [6, 6.07) is 40.5. The maximum atomic E-state index is 6.59. The van der Waals surface area contributed by atoms with Crippen LogP contribution in [0, 0.1) is 5.41 Å². The van der Waals surface area contributed by atoms with Gasteiger partial charge in [-0.1, -0.05) is 121 Å². The topological polar surface area (TPSA) is 61.6 Å². The summed E-state index contributed by atoms with van der Waals surface area (Å²) < 4.78 is 25.5. The van der Waals surface area contributed by atoms with E-state index >= 15 is 0 Å². The highest BCUT2D eigenvalue weighted by Crippen LogP contribution is 2.40. The van der Waals surface area contributed by atoms with E-state index < -0.39 is 5.41 Å². The molecule has 0 bridgehead atoms. The Labute approximate surface area is 254 Å². The monoisotopic (exact) mass is 574 g/mol. The van der Waals surface area contributed by atoms with Crippen molar-refractivity contribution in [2.45, 2.75) is 51.4 Å². The van der Waals surface area contributed by atoms with Crippen LogP contribution in [0.3, 0.4) is 0 Å². The molecule has 6 nitrogen and oxygen atoms in total. The first-order valence-electron chi connectivity index (χ1n) is 14.9. The molecular formula is C37H38N2O4. The molecular weight excluding hydrogens is 536 g/mol. The van der Waals surface area contributed by atoms with Crippen LogP contribution in [0.1, 0.15) is 48.2 Å². The van der Waals surface area contributed by atoms with Gasteiger partial charge in [-0.25, -0.2) is 9.98 Å². The van der Waals surface area contributed by atoms with Gasteiger partial charge in [-0.15, -0.1) is 0 Å². The second-order valence-electron chi connectivity index (χ2n) is 11.5. The van der Waals surface area contributed by atoms with Crippen LogP contribution in [0.15, 0.2) is 131 Å². The summed E-state index contributed by atoms with van der Waals surface area (Å²) in [7, 11) is 0. The lowest BCUT2D eigenvalue weighted by molar-refractivity contribution is 0.0267. The van der Waals surface area contributed by atoms with Crippen LogP contribution in [0.5, 0.6) is 0 Å². The third-order valence-electron chi connectivity index (χ3n) is 7.88. The van der Waals surface area contributed by atoms with Gasteiger partial charge >= 0.3 is 0 Å². The molecule has 0 fully saturated rings. The Morgan fingerprint density at radius 3 is 1.26 bits per heavy atom. The molecule has 2 aliphatic rings. The minimum Gasteiger partial charge on any atom is -0.472 e. The van der Waals surface area contributed by atoms with Gasteiger partial charge in [0.25, 0.3) is 0 Å². The summed E-state index contributed by atoms with van der Waals surface area (Å²) >= 11 is 0. The maximum Gasteiger partial charge on any atom is 0.199 e. The largest absolute Gasteiger partial charge is 0.472 e. The summed E-state index contributed by atoms with van der Waals surface area (Å²) in [5.74, 6) is 1.21. The van der Waals surface area contributed by atoms with Crippen molar-refractivity contribution >= 4 is 11.8 Å². The van der Waals surface area contributed by atoms with Crippen molar-refractivity contribution in [3.05, 3.63) is 144 Å². The van der Waals surface area contributed by atoms with E-state index in [4.69, 9.17) is 28.9 Å². The first-order chi connectivity index (χ1) is 21.1. The Kier molecular flexibility index (Phi) is 8.96. The highest BCUT2D eigenvalue weighted by atomic mass is 16.6. The summed E-state index contributed by atoms with van der Waals surface area (Å²) in [4.78, 5) is 10.3. The predicted octanol–water partition coefficient (Wildman–Crippen LogP) is 7.52. The second kappa shape index (κ2) is 13.4. The van der Waals surface area contributed by atoms with Gasteiger partial charge in [-0.3, -0.25) is 0 Å². The standard InChI is InChI=1S/C37H38N2O4/c1-37(2,35-38-33(29-19-11-5-12-20-29)31(42-35)25-40-23-27-15-7-3-8-16-27)36-39-34(30-21-13-6-14-22-30)32(43-36)26-41-24-28-17-9-4-10-18-28/h3-22,31-34H,23-26H2,1-2H3/t31-,32-,33-,34-/m1/s1. The van der Waals surface area contributed by atoms with Crippen molar-refractivity contribution in [1.82, 2.24) is 0 Å². The van der Waals surface area contributed by atoms with E-state index in [1.807, 2.05) is 72.8 Å². The number of benzene rings is 4. The lowest BCUT2D eigenvalue weighted by atomic mass is 9.93. The highest BCUT2D eigenvalue weighted by Gasteiger charge is 2.47. The van der Waals surface area contributed by atoms with Crippen molar-refractivity contribution in [3.8, 4) is 0 Å². The molecule has 2 heterocycles. The van der Waals surface area contributed by atoms with Gasteiger partial charge in [-0.2, -0.15) is 0 Å². The molecule has 0 unspecified atom stereocenters. The zero-order valence-corrected chi connectivity index (χ0v) is 24.7. The van der Waals surface area contributed by atoms with E-state index in [1.165, 1.54) is 0 Å². The second-order valence-corrected chi connectivity index (χ2v) is 11.5. The zero-order chi connectivity index (χ0) is 29.5. The van der Waals surface area contributed by atoms with Crippen molar-refractivity contribution in [2.75, 3.05) is 13.2 Å². The van der Waals surface area contributed by atoms with Crippen LogP contribution in [-0.2, 0) is 32.2 Å². The Balaban J connectivity index is 1.20. The summed E-state index contributed by atoms with van der Waals surface area (Å²) in [6.45, 7) is 5.98. The van der Waals surface area contributed by atoms with Crippen LogP contribution in [0.25, 0.3) is 0 Å². The van der Waals surface area contributed by atoms with E-state index in [0.717, 1.165) is 22.3 Å². The van der Waals surface area contributed by atoms with Gasteiger partial charge in [0.15, 0.2) is 11.8 Å². The molecule has 0 radical (unpaired) electrons. The summed E-state index contributed by atoms with van der Waals surface area (Å²) in [5, 5.41) is 0. The zero-order valence-electron chi connectivity index (χ0n) is 24.7. The van der Waals surface area contributed by atoms with E-state index in [-0.39, 0.29) is 24.3 Å². The van der Waals surface area contributed by atoms with Crippen molar-refractivity contribution in [1.29, 1.82) is 0 Å². The van der Waals surface area contributed by atoms with Gasteiger partial charge in [0.2, 0.25) is 0 Å². The Hall–Kier alpha value is -4.26. The quantitative estimate of drug-likeness (QED) is 0.176. The molecule has 43 heavy (non-hydrogen) atoms. The van der Waals surface area contributed by atoms with Gasteiger partial charge in [-0.05, 0) is 36.1 Å². The molecule has 4 aromatic carbocycles. The molecule has 0 aromatic heterocycles. The first-order valence-corrected chi connectivity index (χ1v) is 14.9. The van der Waals surface area contributed by atoms with Crippen LogP contribution >= 0.6 is 0 Å². The fourth-order valence-corrected chi connectivity index (χ4v) is 5.47. The smallest absolute Gasteiger partial charge is 0.199 e. The molecule has 0 saturated carbocycles. The van der Waals surface area contributed by atoms with Crippen molar-refractivity contribution in [3.63, 3.8) is 0 Å². The number of nitrogens with zero attached hydrogens (tertiary/aromatic N) is 2. The number of hydrogen-bond donors (Lipinski definition) is 0. The minimum absolute atomic E-state index is 0.192. The van der Waals surface area contributed by atoms with Crippen molar-refractivity contribution in [2.24, 2.45) is 15.4 Å². The molecule has 2 aliphatic heterocycles. The molecule has 220 valence electrons. The van der Waals surface area contributed by atoms with Crippen LogP contribution < -0.4 is 0 Å². The molecule has 0 aliphatic carbocycles. The van der Waals surface area contributed by atoms with Gasteiger partial charge in [0.1, 0.15) is 29.7 Å². The highest BCUT2D eigenvalue weighted by molar-refractivity contribution is 6.05. The molecule has 6 heteroatoms. The fourth-order valence-electron chi connectivity index (χ4n) is 5.47. The average molecular weight is 575 g/mol. The van der Waals surface area contributed by atoms with Gasteiger partial charge in [0.05, 0.1) is 26.4 Å². The number of rotatable bonds is 12. The fraction of sp³-hybridized carbons (Fsp3) is 0.297. The predicted molar refractivity (Wildman–Crippen MR) is 169 cm³/mol. The maximum absolute atomic E-state index is 6.59. The lowest BCUT2D eigenvalue weighted by Gasteiger charge is -2.26. The molecule has 4 atom stereocenters. The summed E-state index contributed by atoms with van der Waals surface area (Å²) in [5.41, 5.74) is 3.73. The number of aliphatic imine (C=N–C) groups is 2. The van der Waals surface area contributed by atoms with Crippen LogP contribution in [-0.4, -0.2) is 37.2 Å². The Morgan fingerprint density at radius 1 is 0.535 bits per heavy atom. The normalized spacial score (nSPS) is 21.5. The number of hydrogen-bond acceptors (Lipinski definition) is 6. The molecule has 0 spiro atoms. The molecule has 6 rings (SSSR count). The van der Waals surface area contributed by atoms with Gasteiger partial charge < -0.3 is 18.9 Å². The van der Waals surface area contributed by atoms with Crippen molar-refractivity contribution < 1.29 is 18.9 Å². The average Bonchev–Trinajstić information content (AvgIpc) is 3.69. The molecule has 0 N–H and O–H groups in total. The van der Waals surface area contributed by atoms with E-state index in [1.54, 1.807) is 0 Å². The Morgan fingerprint density at radius 2 is 0.884 bits per heavy atom. The first kappa shape index (κ1) is 28.8. The van der Waals surface area contributed by atoms with E-state index in [2.05, 4.69) is 62.4 Å². The molecule has 0 saturated heterocycles. The molecule has 0 amide bonds. The SMILES string of the molecule is CC(C)(C1=N[C@H](c2ccccc2)[C@@H](COCc2ccccc2)O1)C1=N[C@H](c2ccccc2)[C@@H](COCc2ccccc2)O1.